The Bertz CT molecular complexity index is 504. The molecule has 0 saturated carbocycles. The number of aromatic nitrogens is 2. The first-order valence-electron chi connectivity index (χ1n) is 6.97. The van der Waals surface area contributed by atoms with Gasteiger partial charge in [0.1, 0.15) is 23.5 Å². The fraction of sp³-hybridized carbons (Fsp3) is 0.615. The third-order valence-corrected chi connectivity index (χ3v) is 3.55. The maximum Gasteiger partial charge on any atom is 0.242 e. The summed E-state index contributed by atoms with van der Waals surface area (Å²) in [5.74, 6) is 7.72. The number of nitrogens with one attached hydrogen (secondary N) is 2. The van der Waals surface area contributed by atoms with Crippen molar-refractivity contribution < 1.29 is 4.79 Å². The first kappa shape index (κ1) is 14.5. The van der Waals surface area contributed by atoms with E-state index in [-0.39, 0.29) is 11.9 Å². The van der Waals surface area contributed by atoms with Crippen LogP contribution in [0.4, 0.5) is 11.6 Å². The summed E-state index contributed by atoms with van der Waals surface area (Å²) in [5, 5.41) is 2.86. The molecule has 1 fully saturated rings. The van der Waals surface area contributed by atoms with Gasteiger partial charge in [-0.15, -0.1) is 0 Å². The molecular formula is C13H22N6O. The summed E-state index contributed by atoms with van der Waals surface area (Å²) in [6.07, 6.45) is 1.75. The molecule has 1 aliphatic heterocycles. The van der Waals surface area contributed by atoms with Crippen LogP contribution in [0.15, 0.2) is 0 Å². The molecule has 1 saturated heterocycles. The van der Waals surface area contributed by atoms with Crippen LogP contribution in [0.3, 0.4) is 0 Å². The van der Waals surface area contributed by atoms with Crippen molar-refractivity contribution in [3.63, 3.8) is 0 Å². The largest absolute Gasteiger partial charge is 0.353 e. The molecule has 4 N–H and O–H groups in total. The number of nitrogens with zero attached hydrogens (tertiary/aromatic N) is 3. The van der Waals surface area contributed by atoms with Gasteiger partial charge in [0.05, 0.1) is 0 Å². The molecule has 0 aliphatic carbocycles. The van der Waals surface area contributed by atoms with Gasteiger partial charge in [0, 0.05) is 25.1 Å². The van der Waals surface area contributed by atoms with Crippen molar-refractivity contribution in [3.8, 4) is 0 Å². The van der Waals surface area contributed by atoms with Crippen molar-refractivity contribution in [1.29, 1.82) is 0 Å². The Morgan fingerprint density at radius 1 is 1.50 bits per heavy atom. The van der Waals surface area contributed by atoms with Gasteiger partial charge in [-0.05, 0) is 20.3 Å². The lowest BCUT2D eigenvalue weighted by atomic mass is 10.1. The van der Waals surface area contributed by atoms with Crippen LogP contribution in [-0.4, -0.2) is 35.0 Å². The molecule has 1 amide bonds. The van der Waals surface area contributed by atoms with E-state index in [9.17, 15) is 4.79 Å². The summed E-state index contributed by atoms with van der Waals surface area (Å²) in [6, 6.07) is -0.238. The molecule has 1 unspecified atom stereocenters. The van der Waals surface area contributed by atoms with Gasteiger partial charge in [-0.25, -0.2) is 15.8 Å². The Balaban J connectivity index is 2.43. The highest BCUT2D eigenvalue weighted by Crippen LogP contribution is 2.25. The summed E-state index contributed by atoms with van der Waals surface area (Å²) in [4.78, 5) is 22.9. The van der Waals surface area contributed by atoms with Crippen molar-refractivity contribution in [3.05, 3.63) is 11.4 Å². The van der Waals surface area contributed by atoms with Gasteiger partial charge < -0.3 is 15.6 Å². The molecule has 1 aromatic rings. The molecule has 2 rings (SSSR count). The molecule has 0 aromatic carbocycles. The summed E-state index contributed by atoms with van der Waals surface area (Å²) in [7, 11) is 0. The van der Waals surface area contributed by atoms with E-state index in [2.05, 4.69) is 27.6 Å². The van der Waals surface area contributed by atoms with Crippen LogP contribution in [0.1, 0.15) is 31.7 Å². The van der Waals surface area contributed by atoms with Gasteiger partial charge in [0.15, 0.2) is 0 Å². The first-order chi connectivity index (χ1) is 9.58. The number of nitrogens with two attached hydrogens (primary N) is 1. The number of aryl methyl sites for hydroxylation is 1. The van der Waals surface area contributed by atoms with Crippen LogP contribution in [0.5, 0.6) is 0 Å². The Kier molecular flexibility index (Phi) is 4.39. The van der Waals surface area contributed by atoms with Crippen molar-refractivity contribution in [2.75, 3.05) is 23.4 Å². The minimum absolute atomic E-state index is 0.0218. The second-order valence-electron chi connectivity index (χ2n) is 4.99. The number of hydrazine groups is 1. The van der Waals surface area contributed by atoms with Gasteiger partial charge in [-0.3, -0.25) is 4.79 Å². The van der Waals surface area contributed by atoms with E-state index in [1.54, 1.807) is 0 Å². The van der Waals surface area contributed by atoms with Crippen LogP contribution in [0.25, 0.3) is 0 Å². The SMILES string of the molecule is CCCc1nc(NN)c(C)c(N2CCNC(=O)C2C)n1. The zero-order valence-electron chi connectivity index (χ0n) is 12.2. The van der Waals surface area contributed by atoms with Crippen molar-refractivity contribution >= 4 is 17.5 Å². The summed E-state index contributed by atoms with van der Waals surface area (Å²) >= 11 is 0. The fourth-order valence-electron chi connectivity index (χ4n) is 2.38. The maximum atomic E-state index is 11.8. The predicted octanol–water partition coefficient (Wildman–Crippen LogP) is 0.348. The molecule has 1 aliphatic rings. The second kappa shape index (κ2) is 6.04. The van der Waals surface area contributed by atoms with E-state index in [4.69, 9.17) is 5.84 Å². The van der Waals surface area contributed by atoms with Crippen molar-refractivity contribution in [2.45, 2.75) is 39.7 Å². The Morgan fingerprint density at radius 3 is 2.90 bits per heavy atom. The average Bonchev–Trinajstić information content (AvgIpc) is 2.44. The van der Waals surface area contributed by atoms with E-state index in [0.29, 0.717) is 12.4 Å². The van der Waals surface area contributed by atoms with Gasteiger partial charge in [-0.1, -0.05) is 6.92 Å². The summed E-state index contributed by atoms with van der Waals surface area (Å²) < 4.78 is 0. The number of carbonyl (C=O) groups excluding carboxylic acids is 1. The normalized spacial score (nSPS) is 18.9. The quantitative estimate of drug-likeness (QED) is 0.543. The standard InChI is InChI=1S/C13H22N6O/c1-4-5-10-16-11(18-14)8(2)12(17-10)19-7-6-15-13(20)9(19)3/h9H,4-7,14H2,1-3H3,(H,15,20)(H,16,17,18). The number of anilines is 2. The lowest BCUT2D eigenvalue weighted by Crippen LogP contribution is -2.54. The molecule has 1 atom stereocenters. The number of rotatable bonds is 4. The predicted molar refractivity (Wildman–Crippen MR) is 78.4 cm³/mol. The van der Waals surface area contributed by atoms with Crippen LogP contribution in [0.2, 0.25) is 0 Å². The molecule has 2 heterocycles. The van der Waals surface area contributed by atoms with Gasteiger partial charge in [-0.2, -0.15) is 0 Å². The lowest BCUT2D eigenvalue weighted by molar-refractivity contribution is -0.122. The minimum atomic E-state index is -0.238. The Labute approximate surface area is 118 Å². The van der Waals surface area contributed by atoms with Gasteiger partial charge in [0.25, 0.3) is 0 Å². The molecule has 1 aromatic heterocycles. The van der Waals surface area contributed by atoms with E-state index < -0.39 is 0 Å². The highest BCUT2D eigenvalue weighted by atomic mass is 16.2. The topological polar surface area (TPSA) is 96.2 Å². The number of hydrogen-bond acceptors (Lipinski definition) is 6. The van der Waals surface area contributed by atoms with Gasteiger partial charge in [0.2, 0.25) is 5.91 Å². The Morgan fingerprint density at radius 2 is 2.25 bits per heavy atom. The highest BCUT2D eigenvalue weighted by molar-refractivity contribution is 5.86. The number of carbonyl (C=O) groups is 1. The number of hydrogen-bond donors (Lipinski definition) is 3. The van der Waals surface area contributed by atoms with Crippen LogP contribution in [0, 0.1) is 6.92 Å². The van der Waals surface area contributed by atoms with E-state index in [1.165, 1.54) is 0 Å². The second-order valence-corrected chi connectivity index (χ2v) is 4.99. The third kappa shape index (κ3) is 2.67. The average molecular weight is 278 g/mol. The molecule has 0 radical (unpaired) electrons. The first-order valence-corrected chi connectivity index (χ1v) is 6.97. The zero-order chi connectivity index (χ0) is 14.7. The van der Waals surface area contributed by atoms with Crippen LogP contribution in [-0.2, 0) is 11.2 Å². The molecular weight excluding hydrogens is 256 g/mol. The molecule has 0 spiro atoms. The monoisotopic (exact) mass is 278 g/mol. The van der Waals surface area contributed by atoms with E-state index in [0.717, 1.165) is 36.6 Å². The highest BCUT2D eigenvalue weighted by Gasteiger charge is 2.28. The van der Waals surface area contributed by atoms with Crippen molar-refractivity contribution in [1.82, 2.24) is 15.3 Å². The van der Waals surface area contributed by atoms with E-state index >= 15 is 0 Å². The molecule has 110 valence electrons. The smallest absolute Gasteiger partial charge is 0.242 e. The van der Waals surface area contributed by atoms with Gasteiger partial charge >= 0.3 is 0 Å². The summed E-state index contributed by atoms with van der Waals surface area (Å²) in [5.41, 5.74) is 3.49. The lowest BCUT2D eigenvalue weighted by Gasteiger charge is -2.35. The number of nitrogen functional groups attached to an aromatic ring is 1. The minimum Gasteiger partial charge on any atom is -0.353 e. The summed E-state index contributed by atoms with van der Waals surface area (Å²) in [6.45, 7) is 7.24. The fourth-order valence-corrected chi connectivity index (χ4v) is 2.38. The van der Waals surface area contributed by atoms with Crippen molar-refractivity contribution in [2.24, 2.45) is 5.84 Å². The van der Waals surface area contributed by atoms with Crippen LogP contribution >= 0.6 is 0 Å². The van der Waals surface area contributed by atoms with E-state index in [1.807, 2.05) is 18.7 Å². The molecule has 7 heteroatoms. The number of piperazine rings is 1. The maximum absolute atomic E-state index is 11.8. The third-order valence-electron chi connectivity index (χ3n) is 3.55. The Hall–Kier alpha value is -1.89. The number of amides is 1. The zero-order valence-corrected chi connectivity index (χ0v) is 12.2. The molecule has 20 heavy (non-hydrogen) atoms. The molecule has 7 nitrogen and oxygen atoms in total. The van der Waals surface area contributed by atoms with Crippen LogP contribution < -0.4 is 21.5 Å². The molecule has 0 bridgehead atoms.